The second kappa shape index (κ2) is 2.84. The molecule has 1 atom stereocenters. The number of aliphatic hydroxyl groups excluding tert-OH is 1. The van der Waals surface area contributed by atoms with Crippen LogP contribution >= 0.6 is 0 Å². The van der Waals surface area contributed by atoms with Crippen molar-refractivity contribution in [1.82, 2.24) is 0 Å². The van der Waals surface area contributed by atoms with E-state index < -0.39 is 0 Å². The van der Waals surface area contributed by atoms with Crippen molar-refractivity contribution >= 4 is 5.78 Å². The fourth-order valence-corrected chi connectivity index (χ4v) is 0.873. The zero-order chi connectivity index (χ0) is 7.56. The van der Waals surface area contributed by atoms with Crippen molar-refractivity contribution < 1.29 is 14.6 Å². The van der Waals surface area contributed by atoms with Crippen molar-refractivity contribution in [3.63, 3.8) is 0 Å². The molecule has 0 aromatic rings. The zero-order valence-electron chi connectivity index (χ0n) is 5.83. The van der Waals surface area contributed by atoms with Gasteiger partial charge in [-0.15, -0.1) is 0 Å². The van der Waals surface area contributed by atoms with Crippen LogP contribution < -0.4 is 0 Å². The van der Waals surface area contributed by atoms with Crippen molar-refractivity contribution in [2.24, 2.45) is 0 Å². The summed E-state index contributed by atoms with van der Waals surface area (Å²) in [6.07, 6.45) is 1.21. The third-order valence-electron chi connectivity index (χ3n) is 1.51. The minimum absolute atomic E-state index is 0.00352. The number of ketones is 1. The van der Waals surface area contributed by atoms with Crippen LogP contribution in [0.15, 0.2) is 11.8 Å². The van der Waals surface area contributed by atoms with E-state index in [1.54, 1.807) is 0 Å². The Kier molecular flexibility index (Phi) is 2.06. The van der Waals surface area contributed by atoms with Crippen LogP contribution in [-0.2, 0) is 9.53 Å². The van der Waals surface area contributed by atoms with E-state index in [1.165, 1.54) is 0 Å². The number of aliphatic hydroxyl groups is 1. The van der Waals surface area contributed by atoms with Crippen molar-refractivity contribution in [3.8, 4) is 0 Å². The van der Waals surface area contributed by atoms with Crippen LogP contribution in [0.3, 0.4) is 0 Å². The average Bonchev–Trinajstić information content (AvgIpc) is 1.88. The maximum Gasteiger partial charge on any atom is 0.166 e. The maximum atomic E-state index is 10.9. The molecule has 56 valence electrons. The number of ether oxygens (including phenoxy) is 1. The molecule has 0 radical (unpaired) electrons. The Balaban J connectivity index is 2.61. The second-order valence-corrected chi connectivity index (χ2v) is 2.40. The lowest BCUT2D eigenvalue weighted by molar-refractivity contribution is -0.122. The Bertz CT molecular complexity index is 172. The van der Waals surface area contributed by atoms with Gasteiger partial charge in [0.05, 0.1) is 24.5 Å². The van der Waals surface area contributed by atoms with Gasteiger partial charge >= 0.3 is 0 Å². The van der Waals surface area contributed by atoms with E-state index >= 15 is 0 Å². The molecule has 1 unspecified atom stereocenters. The van der Waals surface area contributed by atoms with Crippen LogP contribution in [0.5, 0.6) is 0 Å². The molecule has 0 amide bonds. The minimum Gasteiger partial charge on any atom is -0.515 e. The van der Waals surface area contributed by atoms with Crippen LogP contribution in [0.25, 0.3) is 0 Å². The summed E-state index contributed by atoms with van der Waals surface area (Å²) in [7, 11) is 0. The van der Waals surface area contributed by atoms with Gasteiger partial charge in [0, 0.05) is 6.42 Å². The first-order chi connectivity index (χ1) is 4.74. The Morgan fingerprint density at radius 3 is 3.00 bits per heavy atom. The number of carbonyl (C=O) groups excluding carboxylic acids is 1. The fraction of sp³-hybridized carbons (Fsp3) is 0.571. The molecule has 0 bridgehead atoms. The van der Waals surface area contributed by atoms with Gasteiger partial charge < -0.3 is 9.84 Å². The molecule has 1 aliphatic heterocycles. The topological polar surface area (TPSA) is 46.5 Å². The summed E-state index contributed by atoms with van der Waals surface area (Å²) in [5.74, 6) is -0.0127. The van der Waals surface area contributed by atoms with Crippen LogP contribution in [0, 0.1) is 0 Å². The van der Waals surface area contributed by atoms with Gasteiger partial charge in [-0.05, 0) is 6.92 Å². The molecule has 0 aliphatic carbocycles. The van der Waals surface area contributed by atoms with Crippen molar-refractivity contribution in [2.45, 2.75) is 19.4 Å². The molecule has 3 heteroatoms. The van der Waals surface area contributed by atoms with Gasteiger partial charge in [0.1, 0.15) is 0 Å². The van der Waals surface area contributed by atoms with Crippen molar-refractivity contribution in [2.75, 3.05) is 6.61 Å². The second-order valence-electron chi connectivity index (χ2n) is 2.40. The molecular formula is C7H10O3. The number of carbonyl (C=O) groups is 1. The summed E-state index contributed by atoms with van der Waals surface area (Å²) in [5, 5.41) is 8.48. The van der Waals surface area contributed by atoms with Crippen molar-refractivity contribution in [1.29, 1.82) is 0 Å². The lowest BCUT2D eigenvalue weighted by atomic mass is 10.1. The predicted molar refractivity (Wildman–Crippen MR) is 35.7 cm³/mol. The van der Waals surface area contributed by atoms with Gasteiger partial charge in [0.25, 0.3) is 0 Å². The van der Waals surface area contributed by atoms with Gasteiger partial charge in [-0.3, -0.25) is 4.79 Å². The lowest BCUT2D eigenvalue weighted by Crippen LogP contribution is -2.25. The Labute approximate surface area is 59.3 Å². The van der Waals surface area contributed by atoms with Gasteiger partial charge in [0.2, 0.25) is 0 Å². The van der Waals surface area contributed by atoms with Crippen LogP contribution in [0.1, 0.15) is 13.3 Å². The summed E-state index contributed by atoms with van der Waals surface area (Å²) in [5.41, 5.74) is 0.373. The van der Waals surface area contributed by atoms with Crippen molar-refractivity contribution in [3.05, 3.63) is 11.8 Å². The van der Waals surface area contributed by atoms with E-state index in [9.17, 15) is 4.79 Å². The quantitative estimate of drug-likeness (QED) is 0.402. The molecule has 3 nitrogen and oxygen atoms in total. The zero-order valence-corrected chi connectivity index (χ0v) is 5.83. The maximum absolute atomic E-state index is 10.9. The summed E-state index contributed by atoms with van der Waals surface area (Å²) in [6, 6.07) is 0. The van der Waals surface area contributed by atoms with E-state index in [1.807, 2.05) is 6.92 Å². The van der Waals surface area contributed by atoms with E-state index in [2.05, 4.69) is 0 Å². The van der Waals surface area contributed by atoms with E-state index in [-0.39, 0.29) is 18.5 Å². The van der Waals surface area contributed by atoms with Gasteiger partial charge in [-0.2, -0.15) is 0 Å². The Morgan fingerprint density at radius 1 is 1.80 bits per heavy atom. The molecule has 1 rings (SSSR count). The Morgan fingerprint density at radius 2 is 2.50 bits per heavy atom. The predicted octanol–water partition coefficient (Wildman–Crippen LogP) is 0.806. The standard InChI is InChI=1S/C7H10O3/c1-5-2-7(9)6(3-8)4-10-5/h3,5,8H,2,4H2,1H3. The molecule has 1 N–H and O–H groups in total. The summed E-state index contributed by atoms with van der Waals surface area (Å²) in [6.45, 7) is 2.09. The van der Waals surface area contributed by atoms with E-state index in [4.69, 9.17) is 9.84 Å². The fourth-order valence-electron chi connectivity index (χ4n) is 0.873. The van der Waals surface area contributed by atoms with Gasteiger partial charge in [0.15, 0.2) is 5.78 Å². The number of rotatable bonds is 0. The smallest absolute Gasteiger partial charge is 0.166 e. The molecule has 1 fully saturated rings. The SMILES string of the molecule is CC1CC(=O)C(=CO)CO1. The third kappa shape index (κ3) is 1.36. The largest absolute Gasteiger partial charge is 0.515 e. The normalized spacial score (nSPS) is 31.1. The monoisotopic (exact) mass is 142 g/mol. The van der Waals surface area contributed by atoms with Gasteiger partial charge in [-0.1, -0.05) is 0 Å². The summed E-state index contributed by atoms with van der Waals surface area (Å²) in [4.78, 5) is 10.9. The molecule has 1 saturated heterocycles. The highest BCUT2D eigenvalue weighted by Gasteiger charge is 2.20. The number of hydrogen-bond donors (Lipinski definition) is 1. The van der Waals surface area contributed by atoms with Crippen LogP contribution in [0.2, 0.25) is 0 Å². The number of Topliss-reactive ketones (excluding diaryl/α,β-unsaturated/α-hetero) is 1. The molecule has 0 spiro atoms. The molecule has 0 saturated carbocycles. The molecule has 10 heavy (non-hydrogen) atoms. The average molecular weight is 142 g/mol. The molecule has 0 aromatic carbocycles. The highest BCUT2D eigenvalue weighted by Crippen LogP contribution is 2.13. The van der Waals surface area contributed by atoms with Gasteiger partial charge in [-0.25, -0.2) is 0 Å². The van der Waals surface area contributed by atoms with E-state index in [0.717, 1.165) is 6.26 Å². The number of hydrogen-bond acceptors (Lipinski definition) is 3. The Hall–Kier alpha value is -0.830. The molecule has 1 heterocycles. The first kappa shape index (κ1) is 7.28. The highest BCUT2D eigenvalue weighted by molar-refractivity contribution is 5.96. The minimum atomic E-state index is -0.0127. The molecule has 0 aromatic heterocycles. The summed E-state index contributed by atoms with van der Waals surface area (Å²) >= 11 is 0. The van der Waals surface area contributed by atoms with E-state index in [0.29, 0.717) is 12.0 Å². The van der Waals surface area contributed by atoms with Crippen LogP contribution in [-0.4, -0.2) is 23.6 Å². The first-order valence-electron chi connectivity index (χ1n) is 3.22. The molecule has 1 aliphatic rings. The third-order valence-corrected chi connectivity index (χ3v) is 1.51. The first-order valence-corrected chi connectivity index (χ1v) is 3.22. The summed E-state index contributed by atoms with van der Waals surface area (Å²) < 4.78 is 5.10. The molecular weight excluding hydrogens is 132 g/mol. The van der Waals surface area contributed by atoms with Crippen LogP contribution in [0.4, 0.5) is 0 Å². The highest BCUT2D eigenvalue weighted by atomic mass is 16.5. The lowest BCUT2D eigenvalue weighted by Gasteiger charge is -2.18.